The SMILES string of the molecule is CC(C)Cn1ccc2cc(NC(=O)N3CCCNC(=O)C3C)ccc21. The summed E-state index contributed by atoms with van der Waals surface area (Å²) in [4.78, 5) is 26.1. The van der Waals surface area contributed by atoms with Crippen LogP contribution in [0.15, 0.2) is 30.5 Å². The first-order valence-electron chi connectivity index (χ1n) is 8.90. The van der Waals surface area contributed by atoms with E-state index >= 15 is 0 Å². The lowest BCUT2D eigenvalue weighted by molar-refractivity contribution is -0.124. The maximum Gasteiger partial charge on any atom is 0.322 e. The highest BCUT2D eigenvalue weighted by molar-refractivity contribution is 5.95. The summed E-state index contributed by atoms with van der Waals surface area (Å²) in [5, 5.41) is 6.85. The van der Waals surface area contributed by atoms with Gasteiger partial charge in [0.1, 0.15) is 6.04 Å². The van der Waals surface area contributed by atoms with E-state index in [9.17, 15) is 9.59 Å². The molecule has 3 amide bonds. The van der Waals surface area contributed by atoms with Crippen LogP contribution in [0, 0.1) is 5.92 Å². The number of hydrogen-bond acceptors (Lipinski definition) is 2. The van der Waals surface area contributed by atoms with Crippen molar-refractivity contribution in [2.75, 3.05) is 18.4 Å². The van der Waals surface area contributed by atoms with Crippen molar-refractivity contribution in [3.63, 3.8) is 0 Å². The molecule has 1 atom stereocenters. The van der Waals surface area contributed by atoms with Crippen LogP contribution in [0.25, 0.3) is 10.9 Å². The smallest absolute Gasteiger partial charge is 0.322 e. The molecule has 2 aromatic rings. The molecule has 1 aliphatic rings. The highest BCUT2D eigenvalue weighted by Crippen LogP contribution is 2.22. The number of nitrogens with one attached hydrogen (secondary N) is 2. The van der Waals surface area contributed by atoms with E-state index in [-0.39, 0.29) is 11.9 Å². The minimum Gasteiger partial charge on any atom is -0.354 e. The first kappa shape index (κ1) is 17.3. The molecule has 1 unspecified atom stereocenters. The predicted molar refractivity (Wildman–Crippen MR) is 99.6 cm³/mol. The second-order valence-corrected chi connectivity index (χ2v) is 7.08. The van der Waals surface area contributed by atoms with Crippen molar-refractivity contribution in [1.82, 2.24) is 14.8 Å². The molecule has 1 saturated heterocycles. The number of fused-ring (bicyclic) bond motifs is 1. The molecule has 2 heterocycles. The number of nitrogens with zero attached hydrogens (tertiary/aromatic N) is 2. The van der Waals surface area contributed by atoms with Gasteiger partial charge in [-0.05, 0) is 43.5 Å². The fraction of sp³-hybridized carbons (Fsp3) is 0.474. The Morgan fingerprint density at radius 1 is 1.36 bits per heavy atom. The van der Waals surface area contributed by atoms with E-state index in [1.54, 1.807) is 11.8 Å². The number of urea groups is 1. The van der Waals surface area contributed by atoms with Crippen LogP contribution in [0.1, 0.15) is 27.2 Å². The standard InChI is InChI=1S/C19H26N4O2/c1-13(2)12-22-10-7-15-11-16(5-6-17(15)22)21-19(25)23-9-4-8-20-18(24)14(23)3/h5-7,10-11,13-14H,4,8-9,12H2,1-3H3,(H,20,24)(H,21,25). The largest absolute Gasteiger partial charge is 0.354 e. The highest BCUT2D eigenvalue weighted by Gasteiger charge is 2.27. The van der Waals surface area contributed by atoms with Gasteiger partial charge in [-0.25, -0.2) is 4.79 Å². The number of carbonyl (C=O) groups is 2. The number of hydrogen-bond donors (Lipinski definition) is 2. The van der Waals surface area contributed by atoms with Crippen molar-refractivity contribution in [2.45, 2.75) is 39.8 Å². The average Bonchev–Trinajstić information content (AvgIpc) is 2.86. The third-order valence-electron chi connectivity index (χ3n) is 4.57. The quantitative estimate of drug-likeness (QED) is 0.900. The number of rotatable bonds is 3. The van der Waals surface area contributed by atoms with E-state index < -0.39 is 6.04 Å². The van der Waals surface area contributed by atoms with Crippen molar-refractivity contribution in [1.29, 1.82) is 0 Å². The molecule has 0 radical (unpaired) electrons. The Morgan fingerprint density at radius 2 is 2.16 bits per heavy atom. The van der Waals surface area contributed by atoms with Gasteiger partial charge in [0.2, 0.25) is 5.91 Å². The van der Waals surface area contributed by atoms with Gasteiger partial charge in [0, 0.05) is 42.4 Å². The predicted octanol–water partition coefficient (Wildman–Crippen LogP) is 3.04. The van der Waals surface area contributed by atoms with E-state index in [2.05, 4.69) is 41.3 Å². The van der Waals surface area contributed by atoms with E-state index in [0.717, 1.165) is 29.6 Å². The van der Waals surface area contributed by atoms with E-state index in [4.69, 9.17) is 0 Å². The molecule has 1 fully saturated rings. The lowest BCUT2D eigenvalue weighted by Crippen LogP contribution is -2.47. The Hall–Kier alpha value is -2.50. The van der Waals surface area contributed by atoms with Gasteiger partial charge in [0.25, 0.3) is 0 Å². The Morgan fingerprint density at radius 3 is 2.92 bits per heavy atom. The lowest BCUT2D eigenvalue weighted by Gasteiger charge is -2.25. The molecule has 1 aromatic carbocycles. The van der Waals surface area contributed by atoms with Gasteiger partial charge in [0.15, 0.2) is 0 Å². The Bertz CT molecular complexity index is 781. The van der Waals surface area contributed by atoms with E-state index in [1.807, 2.05) is 18.2 Å². The zero-order valence-corrected chi connectivity index (χ0v) is 15.1. The third kappa shape index (κ3) is 3.78. The third-order valence-corrected chi connectivity index (χ3v) is 4.57. The number of amides is 3. The minimum atomic E-state index is -0.460. The zero-order chi connectivity index (χ0) is 18.0. The van der Waals surface area contributed by atoms with Crippen LogP contribution in [-0.2, 0) is 11.3 Å². The number of benzene rings is 1. The molecular weight excluding hydrogens is 316 g/mol. The van der Waals surface area contributed by atoms with Gasteiger partial charge in [-0.1, -0.05) is 13.8 Å². The summed E-state index contributed by atoms with van der Waals surface area (Å²) in [6.07, 6.45) is 2.85. The van der Waals surface area contributed by atoms with E-state index in [0.29, 0.717) is 19.0 Å². The molecule has 1 aliphatic heterocycles. The van der Waals surface area contributed by atoms with Crippen molar-refractivity contribution in [3.05, 3.63) is 30.5 Å². The van der Waals surface area contributed by atoms with Crippen LogP contribution in [0.5, 0.6) is 0 Å². The lowest BCUT2D eigenvalue weighted by atomic mass is 10.2. The molecule has 1 aromatic heterocycles. The average molecular weight is 342 g/mol. The molecule has 0 bridgehead atoms. The number of aromatic nitrogens is 1. The summed E-state index contributed by atoms with van der Waals surface area (Å²) >= 11 is 0. The molecule has 3 rings (SSSR count). The first-order chi connectivity index (χ1) is 12.0. The van der Waals surface area contributed by atoms with Gasteiger partial charge in [-0.2, -0.15) is 0 Å². The van der Waals surface area contributed by atoms with Gasteiger partial charge < -0.3 is 20.1 Å². The topological polar surface area (TPSA) is 66.4 Å². The molecule has 6 nitrogen and oxygen atoms in total. The zero-order valence-electron chi connectivity index (χ0n) is 15.1. The van der Waals surface area contributed by atoms with Crippen LogP contribution < -0.4 is 10.6 Å². The van der Waals surface area contributed by atoms with E-state index in [1.165, 1.54) is 0 Å². The maximum atomic E-state index is 12.6. The molecule has 2 N–H and O–H groups in total. The molecular formula is C19H26N4O2. The maximum absolute atomic E-state index is 12.6. The summed E-state index contributed by atoms with van der Waals surface area (Å²) < 4.78 is 2.23. The molecule has 25 heavy (non-hydrogen) atoms. The van der Waals surface area contributed by atoms with Crippen molar-refractivity contribution in [3.8, 4) is 0 Å². The number of anilines is 1. The summed E-state index contributed by atoms with van der Waals surface area (Å²) in [5.74, 6) is 0.472. The van der Waals surface area contributed by atoms with Crippen LogP contribution in [0.3, 0.4) is 0 Å². The van der Waals surface area contributed by atoms with Gasteiger partial charge in [-0.3, -0.25) is 4.79 Å². The normalized spacial score (nSPS) is 18.3. The van der Waals surface area contributed by atoms with Crippen molar-refractivity contribution >= 4 is 28.5 Å². The van der Waals surface area contributed by atoms with Gasteiger partial charge in [-0.15, -0.1) is 0 Å². The Kier molecular flexibility index (Phi) is 4.97. The van der Waals surface area contributed by atoms with Crippen LogP contribution in [0.4, 0.5) is 10.5 Å². The Labute approximate surface area is 148 Å². The van der Waals surface area contributed by atoms with Crippen LogP contribution >= 0.6 is 0 Å². The van der Waals surface area contributed by atoms with Crippen molar-refractivity contribution in [2.24, 2.45) is 5.92 Å². The fourth-order valence-corrected chi connectivity index (χ4v) is 3.25. The molecule has 6 heteroatoms. The number of carbonyl (C=O) groups excluding carboxylic acids is 2. The highest BCUT2D eigenvalue weighted by atomic mass is 16.2. The second kappa shape index (κ2) is 7.17. The minimum absolute atomic E-state index is 0.103. The summed E-state index contributed by atoms with van der Waals surface area (Å²) in [5.41, 5.74) is 1.91. The van der Waals surface area contributed by atoms with Gasteiger partial charge >= 0.3 is 6.03 Å². The van der Waals surface area contributed by atoms with Crippen molar-refractivity contribution < 1.29 is 9.59 Å². The molecule has 0 saturated carbocycles. The monoisotopic (exact) mass is 342 g/mol. The van der Waals surface area contributed by atoms with Crippen LogP contribution in [-0.4, -0.2) is 40.5 Å². The summed E-state index contributed by atoms with van der Waals surface area (Å²) in [6, 6.07) is 7.30. The molecule has 134 valence electrons. The second-order valence-electron chi connectivity index (χ2n) is 7.08. The van der Waals surface area contributed by atoms with Crippen LogP contribution in [0.2, 0.25) is 0 Å². The molecule has 0 aliphatic carbocycles. The Balaban J connectivity index is 1.76. The van der Waals surface area contributed by atoms with Gasteiger partial charge in [0.05, 0.1) is 0 Å². The first-order valence-corrected chi connectivity index (χ1v) is 8.90. The summed E-state index contributed by atoms with van der Waals surface area (Å²) in [7, 11) is 0. The summed E-state index contributed by atoms with van der Waals surface area (Å²) in [6.45, 7) is 8.30. The fourth-order valence-electron chi connectivity index (χ4n) is 3.25. The molecule has 0 spiro atoms.